The van der Waals surface area contributed by atoms with E-state index in [0.717, 1.165) is 35.8 Å². The van der Waals surface area contributed by atoms with Crippen LogP contribution in [0.15, 0.2) is 34.7 Å². The van der Waals surface area contributed by atoms with Crippen LogP contribution in [0, 0.1) is 3.95 Å². The highest BCUT2D eigenvalue weighted by atomic mass is 32.2. The molecule has 1 aliphatic rings. The zero-order valence-corrected chi connectivity index (χ0v) is 13.8. The van der Waals surface area contributed by atoms with E-state index in [0.29, 0.717) is 3.95 Å². The largest absolute Gasteiger partial charge is 0.355 e. The number of amides is 1. The number of hydrogen-bond acceptors (Lipinski definition) is 5. The van der Waals surface area contributed by atoms with Crippen molar-refractivity contribution in [2.75, 3.05) is 6.54 Å². The van der Waals surface area contributed by atoms with Crippen LogP contribution in [0.3, 0.4) is 0 Å². The smallest absolute Gasteiger partial charge is 0.233 e. The number of carbonyl (C=O) groups is 1. The van der Waals surface area contributed by atoms with Crippen molar-refractivity contribution in [1.82, 2.24) is 15.1 Å². The summed E-state index contributed by atoms with van der Waals surface area (Å²) >= 11 is 8.37. The van der Waals surface area contributed by atoms with E-state index in [1.807, 2.05) is 30.3 Å². The normalized spacial score (nSPS) is 19.0. The zero-order chi connectivity index (χ0) is 14.7. The van der Waals surface area contributed by atoms with E-state index < -0.39 is 0 Å². The highest BCUT2D eigenvalue weighted by Crippen LogP contribution is 2.31. The van der Waals surface area contributed by atoms with Crippen molar-refractivity contribution in [3.8, 4) is 5.69 Å². The minimum atomic E-state index is -0.0581. The number of nitrogens with zero attached hydrogens (tertiary/aromatic N) is 2. The summed E-state index contributed by atoms with van der Waals surface area (Å²) < 4.78 is 3.32. The van der Waals surface area contributed by atoms with Gasteiger partial charge in [0.15, 0.2) is 8.29 Å². The van der Waals surface area contributed by atoms with Crippen molar-refractivity contribution in [2.24, 2.45) is 0 Å². The van der Waals surface area contributed by atoms with Gasteiger partial charge in [-0.05, 0) is 37.2 Å². The molecular formula is C14H15N3OS3. The van der Waals surface area contributed by atoms with Crippen molar-refractivity contribution < 1.29 is 4.79 Å². The van der Waals surface area contributed by atoms with Crippen LogP contribution in [-0.2, 0) is 4.79 Å². The van der Waals surface area contributed by atoms with Gasteiger partial charge < -0.3 is 5.32 Å². The van der Waals surface area contributed by atoms with Crippen LogP contribution in [0.1, 0.15) is 19.3 Å². The van der Waals surface area contributed by atoms with Gasteiger partial charge in [0, 0.05) is 6.54 Å². The van der Waals surface area contributed by atoms with Gasteiger partial charge >= 0.3 is 0 Å². The Morgan fingerprint density at radius 2 is 2.14 bits per heavy atom. The monoisotopic (exact) mass is 337 g/mol. The molecule has 21 heavy (non-hydrogen) atoms. The fourth-order valence-electron chi connectivity index (χ4n) is 2.19. The second-order valence-corrected chi connectivity index (χ2v) is 7.85. The first-order valence-electron chi connectivity index (χ1n) is 6.84. The summed E-state index contributed by atoms with van der Waals surface area (Å²) in [5, 5.41) is 7.45. The molecule has 1 atom stereocenters. The lowest BCUT2D eigenvalue weighted by Gasteiger charge is -2.09. The van der Waals surface area contributed by atoms with E-state index >= 15 is 0 Å². The van der Waals surface area contributed by atoms with E-state index in [4.69, 9.17) is 12.2 Å². The van der Waals surface area contributed by atoms with E-state index in [-0.39, 0.29) is 11.2 Å². The maximum absolute atomic E-state index is 12.0. The number of hydrogen-bond donors (Lipinski definition) is 1. The SMILES string of the molecule is O=C1NCCCC[C@@H]1Sc1nn(-c2ccccc2)c(=S)s1. The van der Waals surface area contributed by atoms with Gasteiger partial charge in [-0.25, -0.2) is 4.68 Å². The third kappa shape index (κ3) is 3.53. The second-order valence-electron chi connectivity index (χ2n) is 4.77. The first-order chi connectivity index (χ1) is 10.2. The summed E-state index contributed by atoms with van der Waals surface area (Å²) in [5.74, 6) is 0.116. The molecule has 2 heterocycles. The average Bonchev–Trinajstić information content (AvgIpc) is 2.74. The molecule has 0 spiro atoms. The average molecular weight is 337 g/mol. The number of thioether (sulfide) groups is 1. The molecule has 4 nitrogen and oxygen atoms in total. The molecular weight excluding hydrogens is 322 g/mol. The van der Waals surface area contributed by atoms with Gasteiger partial charge in [0.25, 0.3) is 0 Å². The number of rotatable bonds is 3. The summed E-state index contributed by atoms with van der Waals surface area (Å²) in [5.41, 5.74) is 0.955. The van der Waals surface area contributed by atoms with Gasteiger partial charge in [-0.2, -0.15) is 0 Å². The third-order valence-electron chi connectivity index (χ3n) is 3.26. The van der Waals surface area contributed by atoms with Crippen molar-refractivity contribution in [2.45, 2.75) is 28.9 Å². The first-order valence-corrected chi connectivity index (χ1v) is 8.94. The molecule has 0 saturated carbocycles. The van der Waals surface area contributed by atoms with Crippen LogP contribution in [0.2, 0.25) is 0 Å². The molecule has 0 radical (unpaired) electrons. The topological polar surface area (TPSA) is 46.9 Å². The summed E-state index contributed by atoms with van der Waals surface area (Å²) in [6, 6.07) is 9.83. The molecule has 1 fully saturated rings. The Bertz CT molecular complexity index is 680. The van der Waals surface area contributed by atoms with Gasteiger partial charge in [-0.1, -0.05) is 47.7 Å². The molecule has 110 valence electrons. The number of carbonyl (C=O) groups excluding carboxylic acids is 1. The van der Waals surface area contributed by atoms with E-state index in [9.17, 15) is 4.79 Å². The highest BCUT2D eigenvalue weighted by molar-refractivity contribution is 8.02. The molecule has 2 aromatic rings. The molecule has 1 amide bonds. The van der Waals surface area contributed by atoms with Crippen molar-refractivity contribution in [3.05, 3.63) is 34.3 Å². The lowest BCUT2D eigenvalue weighted by molar-refractivity contribution is -0.120. The van der Waals surface area contributed by atoms with Crippen molar-refractivity contribution >= 4 is 41.2 Å². The minimum absolute atomic E-state index is 0.0581. The lowest BCUT2D eigenvalue weighted by Crippen LogP contribution is -2.30. The Labute approximate surface area is 136 Å². The maximum atomic E-state index is 12.0. The highest BCUT2D eigenvalue weighted by Gasteiger charge is 2.23. The van der Waals surface area contributed by atoms with Crippen LogP contribution in [0.4, 0.5) is 0 Å². The molecule has 1 aliphatic heterocycles. The van der Waals surface area contributed by atoms with E-state index in [1.165, 1.54) is 23.1 Å². The van der Waals surface area contributed by atoms with Gasteiger partial charge in [-0.3, -0.25) is 4.79 Å². The van der Waals surface area contributed by atoms with Crippen LogP contribution in [0.5, 0.6) is 0 Å². The first kappa shape index (κ1) is 14.7. The maximum Gasteiger partial charge on any atom is 0.233 e. The summed E-state index contributed by atoms with van der Waals surface area (Å²) in [4.78, 5) is 12.0. The van der Waals surface area contributed by atoms with Crippen molar-refractivity contribution in [3.63, 3.8) is 0 Å². The Hall–Kier alpha value is -1.18. The predicted octanol–water partition coefficient (Wildman–Crippen LogP) is 3.42. The van der Waals surface area contributed by atoms with Crippen LogP contribution in [-0.4, -0.2) is 27.5 Å². The Morgan fingerprint density at radius 3 is 2.95 bits per heavy atom. The Kier molecular flexibility index (Phi) is 4.72. The molecule has 1 N–H and O–H groups in total. The van der Waals surface area contributed by atoms with E-state index in [1.54, 1.807) is 4.68 Å². The van der Waals surface area contributed by atoms with Gasteiger partial charge in [-0.15, -0.1) is 5.10 Å². The summed E-state index contributed by atoms with van der Waals surface area (Å²) in [6.45, 7) is 0.782. The van der Waals surface area contributed by atoms with E-state index in [2.05, 4.69) is 10.4 Å². The molecule has 1 saturated heterocycles. The van der Waals surface area contributed by atoms with Crippen LogP contribution in [0.25, 0.3) is 5.69 Å². The quantitative estimate of drug-likeness (QED) is 0.872. The summed E-state index contributed by atoms with van der Waals surface area (Å²) in [7, 11) is 0. The van der Waals surface area contributed by atoms with Crippen LogP contribution < -0.4 is 5.32 Å². The molecule has 0 aliphatic carbocycles. The lowest BCUT2D eigenvalue weighted by atomic mass is 10.2. The zero-order valence-electron chi connectivity index (χ0n) is 11.3. The fourth-order valence-corrected chi connectivity index (χ4v) is 4.86. The fraction of sp³-hybridized carbons (Fsp3) is 0.357. The van der Waals surface area contributed by atoms with Gasteiger partial charge in [0.05, 0.1) is 10.9 Å². The molecule has 1 aromatic heterocycles. The standard InChI is InChI=1S/C14H15N3OS3/c18-12-11(8-4-5-9-15-12)20-13-16-17(14(19)21-13)10-6-2-1-3-7-10/h1-3,6-7,11H,4-5,8-9H2,(H,15,18)/t11-/m0/s1. The molecule has 1 aromatic carbocycles. The van der Waals surface area contributed by atoms with Crippen LogP contribution >= 0.6 is 35.3 Å². The predicted molar refractivity (Wildman–Crippen MR) is 88.8 cm³/mol. The number of aromatic nitrogens is 2. The Balaban J connectivity index is 1.81. The second kappa shape index (κ2) is 6.72. The molecule has 0 bridgehead atoms. The minimum Gasteiger partial charge on any atom is -0.355 e. The number of nitrogens with one attached hydrogen (secondary N) is 1. The third-order valence-corrected chi connectivity index (χ3v) is 5.84. The number of benzene rings is 1. The molecule has 3 rings (SSSR count). The van der Waals surface area contributed by atoms with Crippen molar-refractivity contribution in [1.29, 1.82) is 0 Å². The molecule has 7 heteroatoms. The van der Waals surface area contributed by atoms with Gasteiger partial charge in [0.1, 0.15) is 0 Å². The van der Waals surface area contributed by atoms with Gasteiger partial charge in [0.2, 0.25) is 5.91 Å². The Morgan fingerprint density at radius 1 is 1.33 bits per heavy atom. The molecule has 0 unspecified atom stereocenters. The number of para-hydroxylation sites is 1. The summed E-state index contributed by atoms with van der Waals surface area (Å²) in [6.07, 6.45) is 3.02.